The van der Waals surface area contributed by atoms with E-state index >= 15 is 0 Å². The van der Waals surface area contributed by atoms with E-state index < -0.39 is 5.97 Å². The smallest absolute Gasteiger partial charge is 0.308 e. The van der Waals surface area contributed by atoms with Crippen molar-refractivity contribution in [3.63, 3.8) is 0 Å². The molecule has 1 heterocycles. The minimum Gasteiger partial charge on any atom is -0.496 e. The van der Waals surface area contributed by atoms with Crippen LogP contribution in [0.25, 0.3) is 11.3 Å². The number of rotatable bonds is 5. The van der Waals surface area contributed by atoms with E-state index in [2.05, 4.69) is 15.3 Å². The maximum Gasteiger partial charge on any atom is 0.308 e. The zero-order chi connectivity index (χ0) is 19.0. The molecule has 7 heteroatoms. The number of para-hydroxylation sites is 1. The van der Waals surface area contributed by atoms with Gasteiger partial charge in [-0.25, -0.2) is 9.97 Å². The van der Waals surface area contributed by atoms with Gasteiger partial charge in [-0.05, 0) is 61.3 Å². The summed E-state index contributed by atoms with van der Waals surface area (Å²) in [4.78, 5) is 20.5. The molecular weight excluding hydrogens is 366 g/mol. The number of hydrogen-bond donors (Lipinski definition) is 2. The first kappa shape index (κ1) is 18.0. The van der Waals surface area contributed by atoms with Gasteiger partial charge >= 0.3 is 5.97 Å². The molecule has 3 fully saturated rings. The van der Waals surface area contributed by atoms with Crippen molar-refractivity contribution in [2.45, 2.75) is 31.7 Å². The average Bonchev–Trinajstić information content (AvgIpc) is 2.68. The lowest BCUT2D eigenvalue weighted by Crippen LogP contribution is -2.51. The third-order valence-electron chi connectivity index (χ3n) is 5.90. The molecular formula is C20H22ClN3O3. The number of methoxy groups -OCH3 is 1. The second-order valence-corrected chi connectivity index (χ2v) is 7.65. The molecule has 0 amide bonds. The van der Waals surface area contributed by atoms with Gasteiger partial charge in [0.25, 0.3) is 0 Å². The fourth-order valence-electron chi connectivity index (χ4n) is 4.67. The number of nitrogens with one attached hydrogen (secondary N) is 1. The van der Waals surface area contributed by atoms with Crippen LogP contribution < -0.4 is 10.1 Å². The van der Waals surface area contributed by atoms with Crippen LogP contribution in [0.2, 0.25) is 5.28 Å². The molecule has 2 atom stereocenters. The van der Waals surface area contributed by atoms with Crippen molar-refractivity contribution in [3.8, 4) is 17.0 Å². The Kier molecular flexibility index (Phi) is 4.91. The van der Waals surface area contributed by atoms with Crippen LogP contribution in [-0.2, 0) is 4.79 Å². The summed E-state index contributed by atoms with van der Waals surface area (Å²) in [6, 6.07) is 9.24. The molecule has 6 nitrogen and oxygen atoms in total. The molecule has 0 radical (unpaired) electrons. The lowest BCUT2D eigenvalue weighted by Gasteiger charge is -2.47. The van der Waals surface area contributed by atoms with Crippen molar-refractivity contribution in [2.75, 3.05) is 12.4 Å². The Morgan fingerprint density at radius 1 is 1.19 bits per heavy atom. The molecule has 2 unspecified atom stereocenters. The minimum absolute atomic E-state index is 0.119. The first-order chi connectivity index (χ1) is 13.1. The highest BCUT2D eigenvalue weighted by atomic mass is 35.5. The number of nitrogens with zero attached hydrogens (tertiary/aromatic N) is 2. The molecule has 27 heavy (non-hydrogen) atoms. The highest BCUT2D eigenvalue weighted by molar-refractivity contribution is 6.28. The van der Waals surface area contributed by atoms with Crippen LogP contribution in [0.3, 0.4) is 0 Å². The van der Waals surface area contributed by atoms with E-state index in [-0.39, 0.29) is 23.2 Å². The van der Waals surface area contributed by atoms with E-state index in [0.29, 0.717) is 23.2 Å². The van der Waals surface area contributed by atoms with E-state index in [1.165, 1.54) is 0 Å². The van der Waals surface area contributed by atoms with Crippen molar-refractivity contribution in [2.24, 2.45) is 17.8 Å². The van der Waals surface area contributed by atoms with Gasteiger partial charge in [0.15, 0.2) is 0 Å². The second-order valence-electron chi connectivity index (χ2n) is 7.32. The Labute approximate surface area is 162 Å². The summed E-state index contributed by atoms with van der Waals surface area (Å²) < 4.78 is 5.42. The molecule has 5 rings (SSSR count). The molecule has 2 aromatic rings. The number of aromatic nitrogens is 2. The summed E-state index contributed by atoms with van der Waals surface area (Å²) in [5.74, 6) is 0.710. The van der Waals surface area contributed by atoms with Crippen LogP contribution in [0.15, 0.2) is 30.3 Å². The molecule has 142 valence electrons. The molecule has 0 spiro atoms. The SMILES string of the molecule is COc1ccccc1-c1cc(NC2C3CCC(CC3)C2C(=O)O)nc(Cl)n1. The van der Waals surface area contributed by atoms with Gasteiger partial charge in [0, 0.05) is 17.7 Å². The maximum atomic E-state index is 11.9. The number of halogens is 1. The van der Waals surface area contributed by atoms with Crippen molar-refractivity contribution < 1.29 is 14.6 Å². The van der Waals surface area contributed by atoms with Gasteiger partial charge in [0.05, 0.1) is 18.7 Å². The van der Waals surface area contributed by atoms with Crippen molar-refractivity contribution >= 4 is 23.4 Å². The normalized spacial score (nSPS) is 26.6. The van der Waals surface area contributed by atoms with Gasteiger partial charge in [-0.2, -0.15) is 0 Å². The van der Waals surface area contributed by atoms with Crippen LogP contribution in [0.1, 0.15) is 25.7 Å². The van der Waals surface area contributed by atoms with Crippen molar-refractivity contribution in [1.29, 1.82) is 0 Å². The van der Waals surface area contributed by atoms with E-state index in [0.717, 1.165) is 31.2 Å². The third kappa shape index (κ3) is 3.46. The van der Waals surface area contributed by atoms with Gasteiger partial charge in [0.1, 0.15) is 11.6 Å². The number of carboxylic acid groups (broad SMARTS) is 1. The maximum absolute atomic E-state index is 11.9. The lowest BCUT2D eigenvalue weighted by molar-refractivity contribution is -0.148. The number of aliphatic carboxylic acids is 1. The van der Waals surface area contributed by atoms with Crippen LogP contribution in [0, 0.1) is 17.8 Å². The number of carbonyl (C=O) groups is 1. The van der Waals surface area contributed by atoms with Crippen LogP contribution >= 0.6 is 11.6 Å². The topological polar surface area (TPSA) is 84.3 Å². The third-order valence-corrected chi connectivity index (χ3v) is 6.07. The molecule has 0 aliphatic heterocycles. The predicted molar refractivity (Wildman–Crippen MR) is 103 cm³/mol. The number of carboxylic acids is 1. The first-order valence-electron chi connectivity index (χ1n) is 9.24. The fraction of sp³-hybridized carbons (Fsp3) is 0.450. The highest BCUT2D eigenvalue weighted by Crippen LogP contribution is 2.46. The fourth-order valence-corrected chi connectivity index (χ4v) is 4.85. The summed E-state index contributed by atoms with van der Waals surface area (Å²) in [6.07, 6.45) is 4.11. The molecule has 1 aromatic heterocycles. The van der Waals surface area contributed by atoms with E-state index in [1.54, 1.807) is 7.11 Å². The van der Waals surface area contributed by atoms with Crippen molar-refractivity contribution in [1.82, 2.24) is 9.97 Å². The standard InChI is InChI=1S/C20H22ClN3O3/c1-27-15-5-3-2-4-13(15)14-10-16(24-20(21)22-14)23-18-12-8-6-11(7-9-12)17(18)19(25)26/h2-5,10-12,17-18H,6-9H2,1H3,(H,25,26)(H,22,23,24). The Bertz CT molecular complexity index is 852. The summed E-state index contributed by atoms with van der Waals surface area (Å²) in [7, 11) is 1.61. The molecule has 3 aliphatic carbocycles. The number of benzene rings is 1. The first-order valence-corrected chi connectivity index (χ1v) is 9.62. The second kappa shape index (κ2) is 7.35. The Morgan fingerprint density at radius 3 is 2.59 bits per heavy atom. The largest absolute Gasteiger partial charge is 0.496 e. The van der Waals surface area contributed by atoms with Gasteiger partial charge in [-0.15, -0.1) is 0 Å². The number of hydrogen-bond acceptors (Lipinski definition) is 5. The van der Waals surface area contributed by atoms with Gasteiger partial charge in [-0.3, -0.25) is 4.79 Å². The highest BCUT2D eigenvalue weighted by Gasteiger charge is 2.47. The Morgan fingerprint density at radius 2 is 1.89 bits per heavy atom. The minimum atomic E-state index is -0.730. The molecule has 0 saturated heterocycles. The zero-order valence-electron chi connectivity index (χ0n) is 15.1. The number of fused-ring (bicyclic) bond motifs is 3. The molecule has 3 saturated carbocycles. The average molecular weight is 388 g/mol. The van der Waals surface area contributed by atoms with Crippen LogP contribution in [-0.4, -0.2) is 34.2 Å². The lowest BCUT2D eigenvalue weighted by atomic mass is 9.61. The molecule has 3 aliphatic rings. The quantitative estimate of drug-likeness (QED) is 0.751. The van der Waals surface area contributed by atoms with Gasteiger partial charge in [-0.1, -0.05) is 12.1 Å². The zero-order valence-corrected chi connectivity index (χ0v) is 15.8. The summed E-state index contributed by atoms with van der Waals surface area (Å²) in [5.41, 5.74) is 1.45. The number of ether oxygens (including phenoxy) is 1. The monoisotopic (exact) mass is 387 g/mol. The molecule has 1 aromatic carbocycles. The van der Waals surface area contributed by atoms with Gasteiger partial charge in [0.2, 0.25) is 5.28 Å². The van der Waals surface area contributed by atoms with E-state index in [1.807, 2.05) is 30.3 Å². The van der Waals surface area contributed by atoms with Crippen LogP contribution in [0.4, 0.5) is 5.82 Å². The van der Waals surface area contributed by atoms with Crippen molar-refractivity contribution in [3.05, 3.63) is 35.6 Å². The molecule has 2 N–H and O–H groups in total. The van der Waals surface area contributed by atoms with Crippen LogP contribution in [0.5, 0.6) is 5.75 Å². The van der Waals surface area contributed by atoms with E-state index in [4.69, 9.17) is 16.3 Å². The Balaban J connectivity index is 1.66. The predicted octanol–water partition coefficient (Wildman–Crippen LogP) is 4.11. The summed E-state index contributed by atoms with van der Waals surface area (Å²) in [5, 5.41) is 13.2. The summed E-state index contributed by atoms with van der Waals surface area (Å²) in [6.45, 7) is 0. The molecule has 2 bridgehead atoms. The number of anilines is 1. The Hall–Kier alpha value is -2.34. The van der Waals surface area contributed by atoms with E-state index in [9.17, 15) is 9.90 Å². The summed E-state index contributed by atoms with van der Waals surface area (Å²) >= 11 is 6.17. The van der Waals surface area contributed by atoms with Gasteiger partial charge < -0.3 is 15.2 Å².